The summed E-state index contributed by atoms with van der Waals surface area (Å²) >= 11 is 0. The number of Topliss-reactive ketones (excluding diaryl/α,β-unsaturated/α-hetero) is 1. The Morgan fingerprint density at radius 3 is 2.36 bits per heavy atom. The second-order valence-electron chi connectivity index (χ2n) is 3.84. The summed E-state index contributed by atoms with van der Waals surface area (Å²) in [5.41, 5.74) is 0.422. The fraction of sp³-hybridized carbons (Fsp3) is 0.364. The fourth-order valence-electron chi connectivity index (χ4n) is 1.79. The van der Waals surface area contributed by atoms with Crippen LogP contribution in [0.25, 0.3) is 0 Å². The Morgan fingerprint density at radius 1 is 1.29 bits per heavy atom. The number of carbonyl (C=O) groups is 1. The predicted molar refractivity (Wildman–Crippen MR) is 51.4 cm³/mol. The Morgan fingerprint density at radius 2 is 1.93 bits per heavy atom. The Kier molecular flexibility index (Phi) is 1.77. The first-order valence-electron chi connectivity index (χ1n) is 4.60. The molecule has 1 aromatic rings. The molecule has 0 unspecified atom stereocenters. The first-order valence-corrected chi connectivity index (χ1v) is 4.60. The minimum atomic E-state index is -0.384. The second kappa shape index (κ2) is 2.74. The van der Waals surface area contributed by atoms with Gasteiger partial charge >= 0.3 is 0 Å². The maximum atomic E-state index is 11.4. The van der Waals surface area contributed by atoms with E-state index in [1.807, 2.05) is 0 Å². The van der Waals surface area contributed by atoms with Crippen LogP contribution in [-0.2, 0) is 10.2 Å². The van der Waals surface area contributed by atoms with Gasteiger partial charge in [-0.2, -0.15) is 0 Å². The average Bonchev–Trinajstić information content (AvgIpc) is 2.90. The summed E-state index contributed by atoms with van der Waals surface area (Å²) in [6.45, 7) is 1.57. The van der Waals surface area contributed by atoms with Crippen LogP contribution in [0.3, 0.4) is 0 Å². The zero-order valence-corrected chi connectivity index (χ0v) is 7.95. The maximum absolute atomic E-state index is 11.4. The van der Waals surface area contributed by atoms with E-state index in [1.165, 1.54) is 12.1 Å². The number of benzene rings is 1. The molecular formula is C11H12O3. The van der Waals surface area contributed by atoms with Gasteiger partial charge in [0.1, 0.15) is 5.78 Å². The van der Waals surface area contributed by atoms with Gasteiger partial charge in [-0.05, 0) is 37.5 Å². The van der Waals surface area contributed by atoms with Crippen LogP contribution in [0.1, 0.15) is 25.3 Å². The quantitative estimate of drug-likeness (QED) is 0.701. The molecule has 2 N–H and O–H groups in total. The molecule has 3 heteroatoms. The lowest BCUT2D eigenvalue weighted by atomic mass is 9.92. The van der Waals surface area contributed by atoms with Crippen molar-refractivity contribution in [3.8, 4) is 11.5 Å². The molecule has 1 fully saturated rings. The Hall–Kier alpha value is -1.51. The van der Waals surface area contributed by atoms with Gasteiger partial charge in [0.15, 0.2) is 11.5 Å². The summed E-state index contributed by atoms with van der Waals surface area (Å²) in [5.74, 6) is -0.175. The summed E-state index contributed by atoms with van der Waals surface area (Å²) in [5, 5.41) is 18.4. The zero-order chi connectivity index (χ0) is 10.3. The minimum Gasteiger partial charge on any atom is -0.504 e. The first kappa shape index (κ1) is 9.06. The van der Waals surface area contributed by atoms with Crippen molar-refractivity contribution in [2.24, 2.45) is 0 Å². The van der Waals surface area contributed by atoms with Crippen molar-refractivity contribution < 1.29 is 15.0 Å². The van der Waals surface area contributed by atoms with E-state index in [0.29, 0.717) is 0 Å². The van der Waals surface area contributed by atoms with Gasteiger partial charge in [-0.25, -0.2) is 0 Å². The lowest BCUT2D eigenvalue weighted by Gasteiger charge is -2.12. The van der Waals surface area contributed by atoms with Gasteiger partial charge in [0, 0.05) is 0 Å². The molecule has 0 aliphatic heterocycles. The number of hydrogen-bond donors (Lipinski definition) is 2. The fourth-order valence-corrected chi connectivity index (χ4v) is 1.79. The van der Waals surface area contributed by atoms with E-state index in [4.69, 9.17) is 5.11 Å². The van der Waals surface area contributed by atoms with E-state index in [-0.39, 0.29) is 22.7 Å². The number of aromatic hydroxyl groups is 2. The summed E-state index contributed by atoms with van der Waals surface area (Å²) < 4.78 is 0. The van der Waals surface area contributed by atoms with Crippen molar-refractivity contribution >= 4 is 5.78 Å². The standard InChI is InChI=1S/C11H12O3/c1-7(12)11(4-5-11)8-2-3-9(13)10(14)6-8/h2-3,6,13-14H,4-5H2,1H3. The van der Waals surface area contributed by atoms with Crippen LogP contribution in [0.5, 0.6) is 11.5 Å². The molecular weight excluding hydrogens is 180 g/mol. The molecule has 0 aromatic heterocycles. The molecule has 0 amide bonds. The van der Waals surface area contributed by atoms with Gasteiger partial charge in [0.2, 0.25) is 0 Å². The molecule has 74 valence electrons. The van der Waals surface area contributed by atoms with Gasteiger partial charge in [0.25, 0.3) is 0 Å². The van der Waals surface area contributed by atoms with E-state index in [9.17, 15) is 9.90 Å². The third-order valence-corrected chi connectivity index (χ3v) is 2.95. The third-order valence-electron chi connectivity index (χ3n) is 2.95. The molecule has 14 heavy (non-hydrogen) atoms. The molecule has 1 aliphatic carbocycles. The SMILES string of the molecule is CC(=O)C1(c2ccc(O)c(O)c2)CC1. The second-order valence-corrected chi connectivity index (χ2v) is 3.84. The Bertz CT molecular complexity index is 392. The number of carbonyl (C=O) groups excluding carboxylic acids is 1. The van der Waals surface area contributed by atoms with Gasteiger partial charge in [-0.3, -0.25) is 4.79 Å². The molecule has 1 saturated carbocycles. The summed E-state index contributed by atoms with van der Waals surface area (Å²) in [4.78, 5) is 11.4. The van der Waals surface area contributed by atoms with Crippen LogP contribution >= 0.6 is 0 Å². The van der Waals surface area contributed by atoms with Gasteiger partial charge in [-0.1, -0.05) is 6.07 Å². The molecule has 3 nitrogen and oxygen atoms in total. The number of hydrogen-bond acceptors (Lipinski definition) is 3. The molecule has 1 aliphatic rings. The van der Waals surface area contributed by atoms with Crippen LogP contribution in [-0.4, -0.2) is 16.0 Å². The molecule has 2 rings (SSSR count). The zero-order valence-electron chi connectivity index (χ0n) is 7.95. The van der Waals surface area contributed by atoms with E-state index in [1.54, 1.807) is 13.0 Å². The highest BCUT2D eigenvalue weighted by atomic mass is 16.3. The highest BCUT2D eigenvalue weighted by molar-refractivity contribution is 5.91. The number of phenolic OH excluding ortho intramolecular Hbond substituents is 2. The minimum absolute atomic E-state index is 0.127. The first-order chi connectivity index (χ1) is 6.56. The predicted octanol–water partition coefficient (Wildman–Crippen LogP) is 1.72. The van der Waals surface area contributed by atoms with Gasteiger partial charge in [0.05, 0.1) is 5.41 Å². The Balaban J connectivity index is 2.43. The lowest BCUT2D eigenvalue weighted by molar-refractivity contribution is -0.119. The van der Waals surface area contributed by atoms with Crippen LogP contribution in [0.2, 0.25) is 0 Å². The maximum Gasteiger partial charge on any atom is 0.157 e. The van der Waals surface area contributed by atoms with Crippen LogP contribution in [0, 0.1) is 0 Å². The lowest BCUT2D eigenvalue weighted by Crippen LogP contribution is -2.16. The molecule has 1 aromatic carbocycles. The smallest absolute Gasteiger partial charge is 0.157 e. The third kappa shape index (κ3) is 1.16. The van der Waals surface area contributed by atoms with Crippen molar-refractivity contribution in [3.05, 3.63) is 23.8 Å². The summed E-state index contributed by atoms with van der Waals surface area (Å²) in [7, 11) is 0. The van der Waals surface area contributed by atoms with Crippen molar-refractivity contribution in [1.82, 2.24) is 0 Å². The molecule has 0 atom stereocenters. The van der Waals surface area contributed by atoms with Crippen LogP contribution < -0.4 is 0 Å². The van der Waals surface area contributed by atoms with E-state index in [2.05, 4.69) is 0 Å². The van der Waals surface area contributed by atoms with Crippen LogP contribution in [0.15, 0.2) is 18.2 Å². The topological polar surface area (TPSA) is 57.5 Å². The van der Waals surface area contributed by atoms with Crippen molar-refractivity contribution in [3.63, 3.8) is 0 Å². The van der Waals surface area contributed by atoms with E-state index < -0.39 is 0 Å². The summed E-state index contributed by atoms with van der Waals surface area (Å²) in [6.07, 6.45) is 1.68. The normalized spacial score (nSPS) is 17.8. The molecule has 0 radical (unpaired) electrons. The molecule has 0 saturated heterocycles. The molecule has 0 bridgehead atoms. The average molecular weight is 192 g/mol. The Labute approximate surface area is 82.0 Å². The van der Waals surface area contributed by atoms with Gasteiger partial charge < -0.3 is 10.2 Å². The van der Waals surface area contributed by atoms with Gasteiger partial charge in [-0.15, -0.1) is 0 Å². The highest BCUT2D eigenvalue weighted by Crippen LogP contribution is 2.50. The molecule has 0 heterocycles. The van der Waals surface area contributed by atoms with Crippen molar-refractivity contribution in [1.29, 1.82) is 0 Å². The van der Waals surface area contributed by atoms with Crippen LogP contribution in [0.4, 0.5) is 0 Å². The largest absolute Gasteiger partial charge is 0.504 e. The van der Waals surface area contributed by atoms with E-state index >= 15 is 0 Å². The number of ketones is 1. The summed E-state index contributed by atoms with van der Waals surface area (Å²) in [6, 6.07) is 4.60. The molecule has 0 spiro atoms. The van der Waals surface area contributed by atoms with Crippen molar-refractivity contribution in [2.75, 3.05) is 0 Å². The monoisotopic (exact) mass is 192 g/mol. The number of rotatable bonds is 2. The number of phenols is 2. The van der Waals surface area contributed by atoms with Crippen molar-refractivity contribution in [2.45, 2.75) is 25.2 Å². The van der Waals surface area contributed by atoms with E-state index in [0.717, 1.165) is 18.4 Å². The highest BCUT2D eigenvalue weighted by Gasteiger charge is 2.48.